The number of benzene rings is 1. The molecule has 0 unspecified atom stereocenters. The van der Waals surface area contributed by atoms with Gasteiger partial charge in [-0.1, -0.05) is 18.5 Å². The Morgan fingerprint density at radius 3 is 2.90 bits per heavy atom. The second-order valence-electron chi connectivity index (χ2n) is 5.32. The van der Waals surface area contributed by atoms with E-state index < -0.39 is 5.97 Å². The Hall–Kier alpha value is -1.81. The first-order valence-electron chi connectivity index (χ1n) is 6.58. The molecule has 2 heterocycles. The molecule has 0 saturated carbocycles. The summed E-state index contributed by atoms with van der Waals surface area (Å²) in [5.41, 5.74) is 1.86. The molecule has 104 valence electrons. The molecular weight excluding hydrogens is 276 g/mol. The number of aliphatic carboxylic acids is 1. The predicted octanol–water partition coefficient (Wildman–Crippen LogP) is 3.05. The molecule has 1 aliphatic rings. The molecule has 0 bridgehead atoms. The van der Waals surface area contributed by atoms with Crippen LogP contribution >= 0.6 is 11.6 Å². The number of hydrogen-bond acceptors (Lipinski definition) is 3. The minimum Gasteiger partial charge on any atom is -0.481 e. The van der Waals surface area contributed by atoms with Crippen molar-refractivity contribution < 1.29 is 9.90 Å². The van der Waals surface area contributed by atoms with Gasteiger partial charge in [-0.15, -0.1) is 0 Å². The zero-order chi connectivity index (χ0) is 14.3. The van der Waals surface area contributed by atoms with Crippen molar-refractivity contribution in [2.75, 3.05) is 18.0 Å². The third-order valence-corrected chi connectivity index (χ3v) is 4.19. The summed E-state index contributed by atoms with van der Waals surface area (Å²) in [4.78, 5) is 17.7. The number of halogens is 1. The van der Waals surface area contributed by atoms with Crippen LogP contribution in [0.15, 0.2) is 30.5 Å². The molecule has 0 spiro atoms. The lowest BCUT2D eigenvalue weighted by Crippen LogP contribution is -2.23. The number of nitrogens with zero attached hydrogens (tertiary/aromatic N) is 2. The van der Waals surface area contributed by atoms with Crippen LogP contribution in [0, 0.1) is 11.8 Å². The van der Waals surface area contributed by atoms with Crippen LogP contribution in [0.1, 0.15) is 6.92 Å². The van der Waals surface area contributed by atoms with Gasteiger partial charge in [0.05, 0.1) is 11.4 Å². The molecule has 1 aliphatic heterocycles. The summed E-state index contributed by atoms with van der Waals surface area (Å²) in [5, 5.41) is 10.9. The van der Waals surface area contributed by atoms with Crippen molar-refractivity contribution in [2.45, 2.75) is 6.92 Å². The monoisotopic (exact) mass is 290 g/mol. The van der Waals surface area contributed by atoms with E-state index >= 15 is 0 Å². The van der Waals surface area contributed by atoms with Crippen molar-refractivity contribution in [3.05, 3.63) is 35.5 Å². The van der Waals surface area contributed by atoms with Gasteiger partial charge < -0.3 is 10.0 Å². The fourth-order valence-corrected chi connectivity index (χ4v) is 3.03. The van der Waals surface area contributed by atoms with E-state index in [-0.39, 0.29) is 11.8 Å². The van der Waals surface area contributed by atoms with Crippen molar-refractivity contribution in [3.63, 3.8) is 0 Å². The largest absolute Gasteiger partial charge is 0.481 e. The first-order chi connectivity index (χ1) is 9.56. The number of pyridine rings is 1. The number of anilines is 1. The third-order valence-electron chi connectivity index (χ3n) is 3.95. The minimum atomic E-state index is -0.721. The van der Waals surface area contributed by atoms with Gasteiger partial charge in [0, 0.05) is 35.4 Å². The van der Waals surface area contributed by atoms with Gasteiger partial charge in [-0.05, 0) is 30.2 Å². The highest BCUT2D eigenvalue weighted by molar-refractivity contribution is 6.31. The lowest BCUT2D eigenvalue weighted by molar-refractivity contribution is -0.142. The number of carbonyl (C=O) groups is 1. The lowest BCUT2D eigenvalue weighted by atomic mass is 9.99. The second kappa shape index (κ2) is 4.94. The van der Waals surface area contributed by atoms with Crippen LogP contribution in [0.4, 0.5) is 5.69 Å². The fourth-order valence-electron chi connectivity index (χ4n) is 2.87. The number of carboxylic acid groups (broad SMARTS) is 1. The molecule has 1 aromatic carbocycles. The molecule has 1 aromatic heterocycles. The lowest BCUT2D eigenvalue weighted by Gasteiger charge is -2.20. The first-order valence-corrected chi connectivity index (χ1v) is 6.96. The van der Waals surface area contributed by atoms with Gasteiger partial charge in [-0.3, -0.25) is 9.78 Å². The number of hydrogen-bond donors (Lipinski definition) is 1. The number of rotatable bonds is 2. The maximum absolute atomic E-state index is 11.2. The average Bonchev–Trinajstić information content (AvgIpc) is 2.79. The van der Waals surface area contributed by atoms with Crippen LogP contribution in [0.25, 0.3) is 10.9 Å². The van der Waals surface area contributed by atoms with Crippen molar-refractivity contribution in [2.24, 2.45) is 11.8 Å². The molecule has 1 fully saturated rings. The summed E-state index contributed by atoms with van der Waals surface area (Å²) in [6.45, 7) is 3.27. The van der Waals surface area contributed by atoms with Crippen LogP contribution in [0.2, 0.25) is 5.02 Å². The minimum absolute atomic E-state index is 0.142. The van der Waals surface area contributed by atoms with E-state index in [0.29, 0.717) is 11.6 Å². The van der Waals surface area contributed by atoms with Gasteiger partial charge >= 0.3 is 5.97 Å². The Morgan fingerprint density at radius 2 is 2.20 bits per heavy atom. The first kappa shape index (κ1) is 13.2. The Labute approximate surface area is 122 Å². The molecule has 2 aromatic rings. The summed E-state index contributed by atoms with van der Waals surface area (Å²) in [7, 11) is 0. The number of fused-ring (bicyclic) bond motifs is 1. The zero-order valence-electron chi connectivity index (χ0n) is 11.1. The summed E-state index contributed by atoms with van der Waals surface area (Å²) < 4.78 is 0. The van der Waals surface area contributed by atoms with E-state index in [1.54, 1.807) is 6.20 Å². The number of carboxylic acids is 1. The SMILES string of the molecule is C[C@@H]1CN(c2ccnc3cc(Cl)ccc23)C[C@H]1C(=O)O. The van der Waals surface area contributed by atoms with Gasteiger partial charge in [0.1, 0.15) is 0 Å². The normalized spacial score (nSPS) is 22.4. The topological polar surface area (TPSA) is 53.4 Å². The smallest absolute Gasteiger partial charge is 0.308 e. The predicted molar refractivity (Wildman–Crippen MR) is 79.3 cm³/mol. The highest BCUT2D eigenvalue weighted by atomic mass is 35.5. The summed E-state index contributed by atoms with van der Waals surface area (Å²) >= 11 is 5.99. The van der Waals surface area contributed by atoms with Gasteiger partial charge in [0.15, 0.2) is 0 Å². The molecule has 0 radical (unpaired) electrons. The molecule has 5 heteroatoms. The van der Waals surface area contributed by atoms with Crippen LogP contribution < -0.4 is 4.90 Å². The third kappa shape index (κ3) is 2.20. The standard InChI is InChI=1S/C15H15ClN2O2/c1-9-7-18(8-12(9)15(19)20)14-4-5-17-13-6-10(16)2-3-11(13)14/h2-6,9,12H,7-8H2,1H3,(H,19,20)/t9-,12-/m1/s1. The van der Waals surface area contributed by atoms with E-state index in [2.05, 4.69) is 9.88 Å². The molecule has 0 aliphatic carbocycles. The van der Waals surface area contributed by atoms with Gasteiger partial charge in [0.25, 0.3) is 0 Å². The summed E-state index contributed by atoms with van der Waals surface area (Å²) in [6.07, 6.45) is 1.74. The Morgan fingerprint density at radius 1 is 1.40 bits per heavy atom. The second-order valence-corrected chi connectivity index (χ2v) is 5.75. The molecule has 3 rings (SSSR count). The maximum atomic E-state index is 11.2. The van der Waals surface area contributed by atoms with Gasteiger partial charge in [-0.2, -0.15) is 0 Å². The van der Waals surface area contributed by atoms with Crippen molar-refractivity contribution in [3.8, 4) is 0 Å². The Balaban J connectivity index is 2.01. The van der Waals surface area contributed by atoms with E-state index in [1.165, 1.54) is 0 Å². The van der Waals surface area contributed by atoms with Crippen LogP contribution in [0.5, 0.6) is 0 Å². The molecular formula is C15H15ClN2O2. The van der Waals surface area contributed by atoms with E-state index in [1.807, 2.05) is 31.2 Å². The average molecular weight is 291 g/mol. The van der Waals surface area contributed by atoms with Crippen molar-refractivity contribution in [1.82, 2.24) is 4.98 Å². The summed E-state index contributed by atoms with van der Waals surface area (Å²) in [6, 6.07) is 7.55. The van der Waals surface area contributed by atoms with Crippen LogP contribution in [-0.2, 0) is 4.79 Å². The Kier molecular flexibility index (Phi) is 3.26. The zero-order valence-corrected chi connectivity index (χ0v) is 11.8. The quantitative estimate of drug-likeness (QED) is 0.923. The van der Waals surface area contributed by atoms with Crippen molar-refractivity contribution in [1.29, 1.82) is 0 Å². The van der Waals surface area contributed by atoms with E-state index in [0.717, 1.165) is 23.1 Å². The fraction of sp³-hybridized carbons (Fsp3) is 0.333. The summed E-state index contributed by atoms with van der Waals surface area (Å²) in [5.74, 6) is -0.894. The number of aromatic nitrogens is 1. The highest BCUT2D eigenvalue weighted by Crippen LogP contribution is 2.33. The molecule has 0 amide bonds. The maximum Gasteiger partial charge on any atom is 0.308 e. The highest BCUT2D eigenvalue weighted by Gasteiger charge is 2.35. The van der Waals surface area contributed by atoms with E-state index in [9.17, 15) is 9.90 Å². The van der Waals surface area contributed by atoms with Crippen LogP contribution in [0.3, 0.4) is 0 Å². The molecule has 2 atom stereocenters. The Bertz CT molecular complexity index is 674. The van der Waals surface area contributed by atoms with Crippen molar-refractivity contribution >= 4 is 34.2 Å². The van der Waals surface area contributed by atoms with Crippen LogP contribution in [-0.4, -0.2) is 29.1 Å². The van der Waals surface area contributed by atoms with Gasteiger partial charge in [0.2, 0.25) is 0 Å². The van der Waals surface area contributed by atoms with E-state index in [4.69, 9.17) is 11.6 Å². The molecule has 1 saturated heterocycles. The molecule has 20 heavy (non-hydrogen) atoms. The van der Waals surface area contributed by atoms with Gasteiger partial charge in [-0.25, -0.2) is 0 Å². The molecule has 4 nitrogen and oxygen atoms in total. The molecule has 1 N–H and O–H groups in total.